The molecule has 0 saturated carbocycles. The maximum atomic E-state index is 13.8. The fourth-order valence-electron chi connectivity index (χ4n) is 4.71. The first-order chi connectivity index (χ1) is 14.6. The molecule has 3 aromatic rings. The second kappa shape index (κ2) is 7.82. The molecule has 30 heavy (non-hydrogen) atoms. The third-order valence-electron chi connectivity index (χ3n) is 6.19. The smallest absolute Gasteiger partial charge is 0.386 e. The lowest BCUT2D eigenvalue weighted by atomic mass is 9.96. The summed E-state index contributed by atoms with van der Waals surface area (Å²) < 4.78 is 25.5. The van der Waals surface area contributed by atoms with Gasteiger partial charge in [-0.1, -0.05) is 54.6 Å². The quantitative estimate of drug-likeness (QED) is 0.604. The van der Waals surface area contributed by atoms with Gasteiger partial charge in [0.1, 0.15) is 11.4 Å². The Balaban J connectivity index is 1.52. The van der Waals surface area contributed by atoms with Crippen molar-refractivity contribution in [2.45, 2.75) is 31.7 Å². The van der Waals surface area contributed by atoms with Crippen molar-refractivity contribution in [3.05, 3.63) is 77.4 Å². The van der Waals surface area contributed by atoms with Crippen LogP contribution >= 0.6 is 7.60 Å². The molecule has 0 spiro atoms. The number of aliphatic hydroxyl groups excluding tert-OH is 1. The van der Waals surface area contributed by atoms with Gasteiger partial charge in [0.2, 0.25) is 0 Å². The zero-order valence-corrected chi connectivity index (χ0v) is 17.9. The summed E-state index contributed by atoms with van der Waals surface area (Å²) in [7, 11) is -3.53. The minimum atomic E-state index is -3.53. The summed E-state index contributed by atoms with van der Waals surface area (Å²) >= 11 is 0. The highest BCUT2D eigenvalue weighted by Gasteiger charge is 2.49. The fraction of sp³-hybridized carbons (Fsp3) is 0.333. The molecule has 3 atom stereocenters. The van der Waals surface area contributed by atoms with Gasteiger partial charge >= 0.3 is 7.60 Å². The summed E-state index contributed by atoms with van der Waals surface area (Å²) in [6.07, 6.45) is 0.0209. The first kappa shape index (κ1) is 19.8. The van der Waals surface area contributed by atoms with Crippen LogP contribution in [-0.2, 0) is 22.1 Å². The Labute approximate surface area is 176 Å². The minimum absolute atomic E-state index is 0.270. The van der Waals surface area contributed by atoms with Crippen LogP contribution in [-0.4, -0.2) is 35.4 Å². The van der Waals surface area contributed by atoms with Gasteiger partial charge in [-0.2, -0.15) is 0 Å². The van der Waals surface area contributed by atoms with Gasteiger partial charge in [-0.15, -0.1) is 0 Å². The molecule has 3 aromatic carbocycles. The Morgan fingerprint density at radius 1 is 1.10 bits per heavy atom. The van der Waals surface area contributed by atoms with E-state index in [0.717, 1.165) is 30.3 Å². The van der Waals surface area contributed by atoms with Gasteiger partial charge in [0.15, 0.2) is 0 Å². The van der Waals surface area contributed by atoms with Crippen molar-refractivity contribution in [3.8, 4) is 5.75 Å². The number of hydrogen-bond donors (Lipinski definition) is 1. The van der Waals surface area contributed by atoms with Gasteiger partial charge in [-0.3, -0.25) is 9.42 Å². The van der Waals surface area contributed by atoms with E-state index in [1.807, 2.05) is 36.4 Å². The van der Waals surface area contributed by atoms with Crippen molar-refractivity contribution < 1.29 is 18.7 Å². The molecular weight excluding hydrogens is 397 g/mol. The SMILES string of the molecule is CCOP1(=O)Oc2ccc3ccccc3c2C(O)C1CN1CCc2ccccc2C1. The number of benzene rings is 3. The van der Waals surface area contributed by atoms with E-state index >= 15 is 0 Å². The molecule has 0 bridgehead atoms. The van der Waals surface area contributed by atoms with Gasteiger partial charge in [0.25, 0.3) is 0 Å². The fourth-order valence-corrected chi connectivity index (χ4v) is 6.81. The second-order valence-corrected chi connectivity index (χ2v) is 10.2. The van der Waals surface area contributed by atoms with Gasteiger partial charge in [-0.05, 0) is 41.3 Å². The van der Waals surface area contributed by atoms with E-state index < -0.39 is 19.4 Å². The Kier molecular flexibility index (Phi) is 5.16. The number of fused-ring (bicyclic) bond motifs is 4. The summed E-state index contributed by atoms with van der Waals surface area (Å²) in [4.78, 5) is 2.25. The van der Waals surface area contributed by atoms with Crippen molar-refractivity contribution in [1.82, 2.24) is 4.90 Å². The topological polar surface area (TPSA) is 59.0 Å². The highest BCUT2D eigenvalue weighted by molar-refractivity contribution is 7.55. The van der Waals surface area contributed by atoms with Crippen LogP contribution < -0.4 is 4.52 Å². The molecule has 0 aromatic heterocycles. The second-order valence-electron chi connectivity index (χ2n) is 8.01. The van der Waals surface area contributed by atoms with Crippen LogP contribution in [0.1, 0.15) is 29.7 Å². The van der Waals surface area contributed by atoms with E-state index in [1.54, 1.807) is 13.0 Å². The van der Waals surface area contributed by atoms with E-state index in [-0.39, 0.29) is 6.61 Å². The third-order valence-corrected chi connectivity index (χ3v) is 8.51. The van der Waals surface area contributed by atoms with Gasteiger partial charge in [0, 0.05) is 25.2 Å². The van der Waals surface area contributed by atoms with Crippen LogP contribution in [0, 0.1) is 0 Å². The van der Waals surface area contributed by atoms with Gasteiger partial charge in [0.05, 0.1) is 12.7 Å². The number of aliphatic hydroxyl groups is 1. The van der Waals surface area contributed by atoms with Crippen LogP contribution in [0.3, 0.4) is 0 Å². The monoisotopic (exact) mass is 423 g/mol. The number of nitrogens with zero attached hydrogens (tertiary/aromatic N) is 1. The Morgan fingerprint density at radius 3 is 2.70 bits per heavy atom. The molecule has 0 fully saturated rings. The van der Waals surface area contributed by atoms with E-state index in [0.29, 0.717) is 17.9 Å². The van der Waals surface area contributed by atoms with E-state index in [9.17, 15) is 9.67 Å². The largest absolute Gasteiger partial charge is 0.424 e. The van der Waals surface area contributed by atoms with Gasteiger partial charge in [-0.25, -0.2) is 4.57 Å². The molecule has 0 amide bonds. The first-order valence-electron chi connectivity index (χ1n) is 10.5. The Morgan fingerprint density at radius 2 is 1.87 bits per heavy atom. The average Bonchev–Trinajstić information content (AvgIpc) is 2.76. The molecule has 0 radical (unpaired) electrons. The maximum absolute atomic E-state index is 13.8. The number of rotatable bonds is 4. The highest BCUT2D eigenvalue weighted by atomic mass is 31.2. The molecule has 3 unspecified atom stereocenters. The average molecular weight is 423 g/mol. The van der Waals surface area contributed by atoms with E-state index in [1.165, 1.54) is 11.1 Å². The summed E-state index contributed by atoms with van der Waals surface area (Å²) in [6, 6.07) is 20.0. The normalized spacial score (nSPS) is 26.1. The molecule has 2 aliphatic heterocycles. The first-order valence-corrected chi connectivity index (χ1v) is 12.1. The molecule has 5 nitrogen and oxygen atoms in total. The van der Waals surface area contributed by atoms with Crippen molar-refractivity contribution in [3.63, 3.8) is 0 Å². The molecule has 1 N–H and O–H groups in total. The lowest BCUT2D eigenvalue weighted by Gasteiger charge is -2.40. The summed E-state index contributed by atoms with van der Waals surface area (Å²) in [5, 5.41) is 13.4. The van der Waals surface area contributed by atoms with Crippen LogP contribution in [0.4, 0.5) is 0 Å². The zero-order chi connectivity index (χ0) is 20.7. The standard InChI is InChI=1S/C24H26NO4P/c1-2-28-30(27)22(16-25-14-13-17-7-3-4-9-19(17)15-25)24(26)23-20-10-6-5-8-18(20)11-12-21(23)29-30/h3-12,22,24,26H,2,13-16H2,1H3. The molecule has 6 heteroatoms. The predicted octanol–water partition coefficient (Wildman–Crippen LogP) is 4.92. The molecule has 156 valence electrons. The van der Waals surface area contributed by atoms with E-state index in [2.05, 4.69) is 23.1 Å². The van der Waals surface area contributed by atoms with E-state index in [4.69, 9.17) is 9.05 Å². The molecule has 0 aliphatic carbocycles. The van der Waals surface area contributed by atoms with Gasteiger partial charge < -0.3 is 9.63 Å². The minimum Gasteiger partial charge on any atom is -0.424 e. The maximum Gasteiger partial charge on any atom is 0.386 e. The molecular formula is C24H26NO4P. The molecule has 2 aliphatic rings. The van der Waals surface area contributed by atoms with Crippen LogP contribution in [0.2, 0.25) is 0 Å². The van der Waals surface area contributed by atoms with Crippen LogP contribution in [0.15, 0.2) is 60.7 Å². The highest BCUT2D eigenvalue weighted by Crippen LogP contribution is 2.62. The lowest BCUT2D eigenvalue weighted by molar-refractivity contribution is 0.114. The summed E-state index contributed by atoms with van der Waals surface area (Å²) in [5.74, 6) is 0.457. The Hall–Kier alpha value is -2.17. The Bertz CT molecular complexity index is 1130. The van der Waals surface area contributed by atoms with Crippen LogP contribution in [0.25, 0.3) is 10.8 Å². The molecule has 5 rings (SSSR count). The third kappa shape index (κ3) is 3.36. The number of hydrogen-bond acceptors (Lipinski definition) is 5. The zero-order valence-electron chi connectivity index (χ0n) is 17.0. The van der Waals surface area contributed by atoms with Crippen molar-refractivity contribution in [1.29, 1.82) is 0 Å². The summed E-state index contributed by atoms with van der Waals surface area (Å²) in [5.41, 5.74) is 2.72. The van der Waals surface area contributed by atoms with Crippen molar-refractivity contribution in [2.24, 2.45) is 0 Å². The molecule has 2 heterocycles. The molecule has 0 saturated heterocycles. The lowest BCUT2D eigenvalue weighted by Crippen LogP contribution is -2.41. The van der Waals surface area contributed by atoms with Crippen molar-refractivity contribution >= 4 is 18.4 Å². The van der Waals surface area contributed by atoms with Crippen LogP contribution in [0.5, 0.6) is 5.75 Å². The predicted molar refractivity (Wildman–Crippen MR) is 118 cm³/mol. The summed E-state index contributed by atoms with van der Waals surface area (Å²) in [6.45, 7) is 4.16. The van der Waals surface area contributed by atoms with Crippen molar-refractivity contribution in [2.75, 3.05) is 19.7 Å².